The maximum absolute atomic E-state index is 11.6. The second-order valence-corrected chi connectivity index (χ2v) is 4.70. The fourth-order valence-electron chi connectivity index (χ4n) is 1.96. The summed E-state index contributed by atoms with van der Waals surface area (Å²) in [4.78, 5) is 23.1. The van der Waals surface area contributed by atoms with Crippen LogP contribution in [-0.2, 0) is 11.1 Å². The maximum Gasteiger partial charge on any atom is 0.258 e. The van der Waals surface area contributed by atoms with Gasteiger partial charge in [-0.05, 0) is 23.8 Å². The van der Waals surface area contributed by atoms with Crippen LogP contribution in [0.15, 0.2) is 36.4 Å². The number of hydrogen-bond donors (Lipinski definition) is 1. The van der Waals surface area contributed by atoms with Gasteiger partial charge in [-0.1, -0.05) is 35.3 Å². The van der Waals surface area contributed by atoms with Crippen molar-refractivity contribution in [3.05, 3.63) is 47.5 Å². The molecule has 1 atom stereocenters. The number of imide groups is 1. The highest BCUT2D eigenvalue weighted by Gasteiger charge is 2.23. The number of amides is 2. The summed E-state index contributed by atoms with van der Waals surface area (Å²) in [6, 6.07) is 10.9. The van der Waals surface area contributed by atoms with Gasteiger partial charge >= 0.3 is 0 Å². The lowest BCUT2D eigenvalue weighted by Crippen LogP contribution is -2.34. The highest BCUT2D eigenvalue weighted by molar-refractivity contribution is 7.78. The van der Waals surface area contributed by atoms with Gasteiger partial charge in [0.2, 0.25) is 0 Å². The summed E-state index contributed by atoms with van der Waals surface area (Å²) in [6.07, 6.45) is 1.08. The third kappa shape index (κ3) is 2.69. The van der Waals surface area contributed by atoms with E-state index >= 15 is 0 Å². The van der Waals surface area contributed by atoms with E-state index in [9.17, 15) is 9.59 Å². The largest absolute Gasteiger partial charge is 0.773 e. The number of carbonyl (C=O) groups excluding carboxylic acids is 2. The third-order valence-electron chi connectivity index (χ3n) is 2.62. The molecule has 1 heterocycles. The number of nitrogens with one attached hydrogen (secondary N) is 1. The first-order chi connectivity index (χ1) is 9.00. The van der Waals surface area contributed by atoms with E-state index in [2.05, 4.69) is 5.32 Å². The maximum atomic E-state index is 11.6. The van der Waals surface area contributed by atoms with Gasteiger partial charge < -0.3 is 4.55 Å². The zero-order valence-corrected chi connectivity index (χ0v) is 10.8. The molecule has 2 aromatic carbocycles. The van der Waals surface area contributed by atoms with Crippen LogP contribution >= 0.6 is 0 Å². The SMILES string of the molecule is CS(=O)[O-].O=C1NC(=O)c2cccc3cccc1c23. The van der Waals surface area contributed by atoms with E-state index in [1.807, 2.05) is 24.3 Å². The molecule has 2 aromatic rings. The van der Waals surface area contributed by atoms with Gasteiger partial charge in [-0.15, -0.1) is 0 Å². The molecule has 19 heavy (non-hydrogen) atoms. The predicted molar refractivity (Wildman–Crippen MR) is 70.6 cm³/mol. The molecule has 1 aliphatic heterocycles. The number of rotatable bonds is 0. The summed E-state index contributed by atoms with van der Waals surface area (Å²) in [5, 5.41) is 4.00. The van der Waals surface area contributed by atoms with Gasteiger partial charge in [0.1, 0.15) is 0 Å². The van der Waals surface area contributed by atoms with E-state index in [1.165, 1.54) is 0 Å². The molecule has 0 fully saturated rings. The van der Waals surface area contributed by atoms with Gasteiger partial charge in [-0.25, -0.2) is 0 Å². The molecule has 5 nitrogen and oxygen atoms in total. The molecule has 0 bridgehead atoms. The fraction of sp³-hybridized carbons (Fsp3) is 0.0769. The Morgan fingerprint density at radius 1 is 1.00 bits per heavy atom. The molecule has 6 heteroatoms. The minimum Gasteiger partial charge on any atom is -0.773 e. The van der Waals surface area contributed by atoms with E-state index in [1.54, 1.807) is 12.1 Å². The molecule has 1 aliphatic rings. The highest BCUT2D eigenvalue weighted by Crippen LogP contribution is 2.25. The third-order valence-corrected chi connectivity index (χ3v) is 2.62. The Kier molecular flexibility index (Phi) is 3.73. The van der Waals surface area contributed by atoms with Crippen molar-refractivity contribution >= 4 is 33.7 Å². The summed E-state index contributed by atoms with van der Waals surface area (Å²) in [6.45, 7) is 0. The molecule has 1 unspecified atom stereocenters. The lowest BCUT2D eigenvalue weighted by Gasteiger charge is -2.15. The van der Waals surface area contributed by atoms with Crippen LogP contribution in [0.2, 0.25) is 0 Å². The van der Waals surface area contributed by atoms with Crippen molar-refractivity contribution in [2.75, 3.05) is 6.26 Å². The standard InChI is InChI=1S/C12H7NO2.CH4O2S/c14-11-8-5-1-3-7-4-2-6-9(10(7)8)12(15)13-11;1-4(2)3/h1-6H,(H,13,14,15);1H3,(H,2,3)/p-1. The smallest absolute Gasteiger partial charge is 0.258 e. The second kappa shape index (κ2) is 5.29. The zero-order valence-electron chi connectivity index (χ0n) is 10.0. The first-order valence-corrected chi connectivity index (χ1v) is 6.87. The van der Waals surface area contributed by atoms with Crippen molar-refractivity contribution in [2.24, 2.45) is 0 Å². The summed E-state index contributed by atoms with van der Waals surface area (Å²) in [5.74, 6) is -0.631. The molecule has 0 aromatic heterocycles. The van der Waals surface area contributed by atoms with Crippen LogP contribution < -0.4 is 5.32 Å². The van der Waals surface area contributed by atoms with Gasteiger partial charge in [-0.3, -0.25) is 19.1 Å². The monoisotopic (exact) mass is 276 g/mol. The van der Waals surface area contributed by atoms with Crippen molar-refractivity contribution < 1.29 is 18.4 Å². The van der Waals surface area contributed by atoms with Crippen molar-refractivity contribution in [3.63, 3.8) is 0 Å². The lowest BCUT2D eigenvalue weighted by molar-refractivity contribution is 0.0845. The van der Waals surface area contributed by atoms with Crippen LogP contribution in [0.3, 0.4) is 0 Å². The van der Waals surface area contributed by atoms with Crippen LogP contribution in [0.1, 0.15) is 20.7 Å². The Hall–Kier alpha value is -2.05. The molecular formula is C13H10NO4S-. The molecule has 0 aliphatic carbocycles. The Morgan fingerprint density at radius 2 is 1.42 bits per heavy atom. The van der Waals surface area contributed by atoms with Gasteiger partial charge in [0.05, 0.1) is 0 Å². The van der Waals surface area contributed by atoms with E-state index in [0.717, 1.165) is 17.0 Å². The van der Waals surface area contributed by atoms with Gasteiger partial charge in [0, 0.05) is 16.5 Å². The molecule has 1 N–H and O–H groups in total. The Morgan fingerprint density at radius 3 is 1.84 bits per heavy atom. The Labute approximate surface area is 111 Å². The number of benzene rings is 2. The second-order valence-electron chi connectivity index (χ2n) is 3.89. The van der Waals surface area contributed by atoms with Crippen molar-refractivity contribution in [2.45, 2.75) is 0 Å². The van der Waals surface area contributed by atoms with Gasteiger partial charge in [0.15, 0.2) is 0 Å². The van der Waals surface area contributed by atoms with Gasteiger partial charge in [0.25, 0.3) is 11.8 Å². The van der Waals surface area contributed by atoms with Crippen molar-refractivity contribution in [3.8, 4) is 0 Å². The normalized spacial score (nSPS) is 14.4. The summed E-state index contributed by atoms with van der Waals surface area (Å²) >= 11 is -1.86. The lowest BCUT2D eigenvalue weighted by atomic mass is 9.95. The molecule has 98 valence electrons. The topological polar surface area (TPSA) is 86.3 Å². The summed E-state index contributed by atoms with van der Waals surface area (Å²) < 4.78 is 18.0. The van der Waals surface area contributed by atoms with Crippen molar-refractivity contribution in [1.29, 1.82) is 0 Å². The average molecular weight is 276 g/mol. The minimum atomic E-state index is -1.86. The quantitative estimate of drug-likeness (QED) is 0.579. The fourth-order valence-corrected chi connectivity index (χ4v) is 1.96. The van der Waals surface area contributed by atoms with Crippen LogP contribution in [0.5, 0.6) is 0 Å². The Bertz CT molecular complexity index is 643. The molecule has 0 saturated carbocycles. The predicted octanol–water partition coefficient (Wildman–Crippen LogP) is 1.22. The van der Waals surface area contributed by atoms with E-state index < -0.39 is 11.1 Å². The van der Waals surface area contributed by atoms with E-state index in [-0.39, 0.29) is 11.8 Å². The highest BCUT2D eigenvalue weighted by atomic mass is 32.2. The first kappa shape index (κ1) is 13.4. The molecule has 0 radical (unpaired) electrons. The number of hydrogen-bond acceptors (Lipinski definition) is 4. The molecule has 2 amide bonds. The van der Waals surface area contributed by atoms with Crippen LogP contribution in [0.25, 0.3) is 10.8 Å². The minimum absolute atomic E-state index is 0.315. The zero-order chi connectivity index (χ0) is 14.0. The van der Waals surface area contributed by atoms with Gasteiger partial charge in [-0.2, -0.15) is 0 Å². The summed E-state index contributed by atoms with van der Waals surface area (Å²) in [7, 11) is 0. The summed E-state index contributed by atoms with van der Waals surface area (Å²) in [5.41, 5.74) is 1.14. The molecule has 0 spiro atoms. The van der Waals surface area contributed by atoms with E-state index in [0.29, 0.717) is 11.1 Å². The molecule has 3 rings (SSSR count). The van der Waals surface area contributed by atoms with E-state index in [4.69, 9.17) is 8.76 Å². The number of carbonyl (C=O) groups is 2. The van der Waals surface area contributed by atoms with Crippen LogP contribution in [0.4, 0.5) is 0 Å². The molecule has 0 saturated heterocycles. The van der Waals surface area contributed by atoms with Crippen LogP contribution in [-0.4, -0.2) is 26.8 Å². The molecular weight excluding hydrogens is 266 g/mol. The Balaban J connectivity index is 0.000000297. The van der Waals surface area contributed by atoms with Crippen molar-refractivity contribution in [1.82, 2.24) is 5.32 Å². The average Bonchev–Trinajstić information content (AvgIpc) is 2.35. The first-order valence-electron chi connectivity index (χ1n) is 5.39. The van der Waals surface area contributed by atoms with Crippen LogP contribution in [0, 0.1) is 0 Å².